The lowest BCUT2D eigenvalue weighted by Crippen LogP contribution is -2.48. The van der Waals surface area contributed by atoms with Crippen LogP contribution in [0.15, 0.2) is 18.3 Å². The fraction of sp³-hybridized carbons (Fsp3) is 0.467. The van der Waals surface area contributed by atoms with E-state index in [-0.39, 0.29) is 23.6 Å². The zero-order valence-electron chi connectivity index (χ0n) is 12.8. The molecule has 1 N–H and O–H groups in total. The zero-order chi connectivity index (χ0) is 16.1. The van der Waals surface area contributed by atoms with Gasteiger partial charge in [0.05, 0.1) is 0 Å². The summed E-state index contributed by atoms with van der Waals surface area (Å²) in [6, 6.07) is 3.11. The summed E-state index contributed by atoms with van der Waals surface area (Å²) in [5, 5.41) is 2.75. The highest BCUT2D eigenvalue weighted by atomic mass is 16.2. The molecule has 0 spiro atoms. The third kappa shape index (κ3) is 3.81. The van der Waals surface area contributed by atoms with Gasteiger partial charge in [0.1, 0.15) is 5.69 Å². The van der Waals surface area contributed by atoms with Gasteiger partial charge in [0.2, 0.25) is 6.41 Å². The van der Waals surface area contributed by atoms with Crippen LogP contribution in [0.5, 0.6) is 0 Å². The van der Waals surface area contributed by atoms with E-state index in [1.54, 1.807) is 15.9 Å². The Morgan fingerprint density at radius 1 is 1.27 bits per heavy atom. The van der Waals surface area contributed by atoms with E-state index in [0.29, 0.717) is 31.7 Å². The molecule has 1 aromatic rings. The van der Waals surface area contributed by atoms with Crippen molar-refractivity contribution in [2.75, 3.05) is 26.2 Å². The summed E-state index contributed by atoms with van der Waals surface area (Å²) in [7, 11) is 0. The predicted octanol–water partition coefficient (Wildman–Crippen LogP) is 0.134. The lowest BCUT2D eigenvalue weighted by Gasteiger charge is -2.32. The minimum Gasteiger partial charge on any atom is -0.349 e. The second-order valence-corrected chi connectivity index (χ2v) is 5.49. The van der Waals surface area contributed by atoms with Crippen LogP contribution in [0.4, 0.5) is 0 Å². The molecule has 0 saturated carbocycles. The summed E-state index contributed by atoms with van der Waals surface area (Å²) in [5.41, 5.74) is 0.662. The Hall–Kier alpha value is -2.44. The molecule has 0 aromatic carbocycles. The molecule has 1 aliphatic rings. The van der Waals surface area contributed by atoms with Crippen LogP contribution < -0.4 is 5.32 Å². The monoisotopic (exact) mass is 304 g/mol. The molecule has 0 unspecified atom stereocenters. The first kappa shape index (κ1) is 15.9. The van der Waals surface area contributed by atoms with Crippen molar-refractivity contribution in [1.29, 1.82) is 0 Å². The molecule has 0 aliphatic carbocycles. The number of aromatic nitrogens is 1. The largest absolute Gasteiger partial charge is 0.349 e. The summed E-state index contributed by atoms with van der Waals surface area (Å²) >= 11 is 0. The molecule has 118 valence electrons. The lowest BCUT2D eigenvalue weighted by atomic mass is 10.1. The Bertz CT molecular complexity index is 566. The van der Waals surface area contributed by atoms with Crippen molar-refractivity contribution in [3.8, 4) is 0 Å². The Balaban J connectivity index is 2.07. The average Bonchev–Trinajstić information content (AvgIpc) is 2.54. The molecular formula is C15H20N4O3. The number of carbonyl (C=O) groups is 3. The SMILES string of the molecule is CC(C)NC(=O)c1cc(C(=O)N2CCN(C=O)CC2)ccn1. The van der Waals surface area contributed by atoms with Gasteiger partial charge in [-0.3, -0.25) is 19.4 Å². The van der Waals surface area contributed by atoms with Crippen molar-refractivity contribution >= 4 is 18.2 Å². The molecule has 0 atom stereocenters. The molecule has 2 rings (SSSR count). The zero-order valence-corrected chi connectivity index (χ0v) is 12.8. The summed E-state index contributed by atoms with van der Waals surface area (Å²) < 4.78 is 0. The first-order valence-corrected chi connectivity index (χ1v) is 7.27. The van der Waals surface area contributed by atoms with Crippen molar-refractivity contribution in [3.63, 3.8) is 0 Å². The minimum absolute atomic E-state index is 0.00470. The molecule has 3 amide bonds. The topological polar surface area (TPSA) is 82.6 Å². The van der Waals surface area contributed by atoms with Crippen molar-refractivity contribution in [2.45, 2.75) is 19.9 Å². The van der Waals surface area contributed by atoms with E-state index in [9.17, 15) is 14.4 Å². The normalized spacial score (nSPS) is 14.9. The number of pyridine rings is 1. The van der Waals surface area contributed by atoms with E-state index >= 15 is 0 Å². The van der Waals surface area contributed by atoms with Gasteiger partial charge in [0.15, 0.2) is 0 Å². The summed E-state index contributed by atoms with van der Waals surface area (Å²) in [4.78, 5) is 42.4. The third-order valence-electron chi connectivity index (χ3n) is 3.41. The number of nitrogens with one attached hydrogen (secondary N) is 1. The van der Waals surface area contributed by atoms with E-state index in [2.05, 4.69) is 10.3 Å². The van der Waals surface area contributed by atoms with Crippen LogP contribution in [0.3, 0.4) is 0 Å². The quantitative estimate of drug-likeness (QED) is 0.802. The van der Waals surface area contributed by atoms with Crippen LogP contribution in [-0.2, 0) is 4.79 Å². The standard InChI is InChI=1S/C15H20N4O3/c1-11(2)17-14(21)13-9-12(3-4-16-13)15(22)19-7-5-18(10-20)6-8-19/h3-4,9-11H,5-8H2,1-2H3,(H,17,21). The molecule has 2 heterocycles. The smallest absolute Gasteiger partial charge is 0.270 e. The lowest BCUT2D eigenvalue weighted by molar-refractivity contribution is -0.119. The fourth-order valence-corrected chi connectivity index (χ4v) is 2.24. The Labute approximate surface area is 129 Å². The maximum absolute atomic E-state index is 12.5. The summed E-state index contributed by atoms with van der Waals surface area (Å²) in [5.74, 6) is -0.443. The van der Waals surface area contributed by atoms with Crippen molar-refractivity contribution < 1.29 is 14.4 Å². The van der Waals surface area contributed by atoms with Gasteiger partial charge in [-0.15, -0.1) is 0 Å². The Kier molecular flexibility index (Phi) is 5.08. The number of piperazine rings is 1. The van der Waals surface area contributed by atoms with E-state index in [4.69, 9.17) is 0 Å². The van der Waals surface area contributed by atoms with Gasteiger partial charge in [-0.25, -0.2) is 0 Å². The van der Waals surface area contributed by atoms with Crippen LogP contribution in [0.25, 0.3) is 0 Å². The molecule has 1 saturated heterocycles. The van der Waals surface area contributed by atoms with E-state index in [1.807, 2.05) is 13.8 Å². The molecule has 0 bridgehead atoms. The molecule has 0 radical (unpaired) electrons. The first-order valence-electron chi connectivity index (χ1n) is 7.27. The second-order valence-electron chi connectivity index (χ2n) is 5.49. The van der Waals surface area contributed by atoms with Crippen LogP contribution in [0, 0.1) is 0 Å². The van der Waals surface area contributed by atoms with Crippen molar-refractivity contribution in [1.82, 2.24) is 20.1 Å². The first-order chi connectivity index (χ1) is 10.5. The van der Waals surface area contributed by atoms with Crippen molar-refractivity contribution in [3.05, 3.63) is 29.6 Å². The van der Waals surface area contributed by atoms with E-state index in [1.165, 1.54) is 12.3 Å². The number of rotatable bonds is 4. The van der Waals surface area contributed by atoms with Gasteiger partial charge < -0.3 is 15.1 Å². The van der Waals surface area contributed by atoms with E-state index in [0.717, 1.165) is 6.41 Å². The van der Waals surface area contributed by atoms with Crippen molar-refractivity contribution in [2.24, 2.45) is 0 Å². The van der Waals surface area contributed by atoms with Gasteiger partial charge in [-0.05, 0) is 26.0 Å². The Morgan fingerprint density at radius 2 is 1.95 bits per heavy atom. The molecule has 1 aromatic heterocycles. The van der Waals surface area contributed by atoms with Gasteiger partial charge in [0, 0.05) is 44.0 Å². The highest BCUT2D eigenvalue weighted by molar-refractivity contribution is 5.98. The molecular weight excluding hydrogens is 284 g/mol. The fourth-order valence-electron chi connectivity index (χ4n) is 2.24. The number of amides is 3. The maximum Gasteiger partial charge on any atom is 0.270 e. The van der Waals surface area contributed by atoms with Crippen LogP contribution in [-0.4, -0.2) is 65.2 Å². The molecule has 22 heavy (non-hydrogen) atoms. The summed E-state index contributed by atoms with van der Waals surface area (Å²) in [6.07, 6.45) is 2.26. The highest BCUT2D eigenvalue weighted by Crippen LogP contribution is 2.09. The third-order valence-corrected chi connectivity index (χ3v) is 3.41. The highest BCUT2D eigenvalue weighted by Gasteiger charge is 2.22. The van der Waals surface area contributed by atoms with Gasteiger partial charge >= 0.3 is 0 Å². The number of carbonyl (C=O) groups excluding carboxylic acids is 3. The molecule has 7 heteroatoms. The number of nitrogens with zero attached hydrogens (tertiary/aromatic N) is 3. The second kappa shape index (κ2) is 7.02. The van der Waals surface area contributed by atoms with Gasteiger partial charge in [-0.1, -0.05) is 0 Å². The number of hydrogen-bond donors (Lipinski definition) is 1. The van der Waals surface area contributed by atoms with E-state index < -0.39 is 0 Å². The molecule has 1 fully saturated rings. The molecule has 1 aliphatic heterocycles. The van der Waals surface area contributed by atoms with Gasteiger partial charge in [0.25, 0.3) is 11.8 Å². The van der Waals surface area contributed by atoms with Crippen LogP contribution >= 0.6 is 0 Å². The minimum atomic E-state index is -0.296. The van der Waals surface area contributed by atoms with Crippen LogP contribution in [0.1, 0.15) is 34.7 Å². The predicted molar refractivity (Wildman–Crippen MR) is 80.4 cm³/mol. The number of hydrogen-bond acceptors (Lipinski definition) is 4. The Morgan fingerprint density at radius 3 is 2.55 bits per heavy atom. The molecule has 7 nitrogen and oxygen atoms in total. The maximum atomic E-state index is 12.5. The van der Waals surface area contributed by atoms with Crippen LogP contribution in [0.2, 0.25) is 0 Å². The van der Waals surface area contributed by atoms with Gasteiger partial charge in [-0.2, -0.15) is 0 Å². The average molecular weight is 304 g/mol. The summed E-state index contributed by atoms with van der Waals surface area (Å²) in [6.45, 7) is 5.77.